The molecule has 1 aliphatic heterocycles. The average molecular weight is 248 g/mol. The van der Waals surface area contributed by atoms with Crippen molar-refractivity contribution in [1.29, 1.82) is 0 Å². The number of rotatable bonds is 4. The van der Waals surface area contributed by atoms with Gasteiger partial charge in [0.15, 0.2) is 0 Å². The van der Waals surface area contributed by atoms with Gasteiger partial charge in [0.2, 0.25) is 0 Å². The average Bonchev–Trinajstić information content (AvgIpc) is 2.19. The van der Waals surface area contributed by atoms with Crippen molar-refractivity contribution in [1.82, 2.24) is 0 Å². The second kappa shape index (κ2) is 6.43. The predicted octanol–water partition coefficient (Wildman–Crippen LogP) is 1.95. The zero-order chi connectivity index (χ0) is 11.3. The van der Waals surface area contributed by atoms with Crippen molar-refractivity contribution < 1.29 is 14.3 Å². The topological polar surface area (TPSA) is 43.4 Å². The lowest BCUT2D eigenvalue weighted by atomic mass is 10.1. The summed E-state index contributed by atoms with van der Waals surface area (Å²) in [6.07, 6.45) is 1.15. The third-order valence-electron chi connectivity index (χ3n) is 2.10. The molecule has 1 rings (SSSR count). The highest BCUT2D eigenvalue weighted by molar-refractivity contribution is 8.17. The van der Waals surface area contributed by atoms with Crippen molar-refractivity contribution >= 4 is 35.3 Å². The standard InChI is InChI=1S/C10H16O3S2/c1-3-13-9(12)8(7(2)11)10-14-5-4-6-15-10/h8,10H,3-6H2,1-2H3/t8-/m0/s1. The molecule has 1 atom stereocenters. The minimum absolute atomic E-state index is 0.0512. The number of hydrogen-bond donors (Lipinski definition) is 0. The van der Waals surface area contributed by atoms with E-state index >= 15 is 0 Å². The van der Waals surface area contributed by atoms with Gasteiger partial charge >= 0.3 is 5.97 Å². The minimum Gasteiger partial charge on any atom is -0.465 e. The summed E-state index contributed by atoms with van der Waals surface area (Å²) in [4.78, 5) is 23.0. The first kappa shape index (κ1) is 12.9. The van der Waals surface area contributed by atoms with Crippen molar-refractivity contribution in [2.45, 2.75) is 24.9 Å². The molecule has 1 aliphatic rings. The molecule has 3 nitrogen and oxygen atoms in total. The summed E-state index contributed by atoms with van der Waals surface area (Å²) in [6, 6.07) is 0. The first-order valence-corrected chi connectivity index (χ1v) is 7.17. The van der Waals surface area contributed by atoms with Gasteiger partial charge in [-0.25, -0.2) is 0 Å². The van der Waals surface area contributed by atoms with Crippen LogP contribution in [0.3, 0.4) is 0 Å². The summed E-state index contributed by atoms with van der Waals surface area (Å²) in [5.74, 6) is 1.03. The van der Waals surface area contributed by atoms with Crippen molar-refractivity contribution in [2.75, 3.05) is 18.1 Å². The van der Waals surface area contributed by atoms with Gasteiger partial charge in [-0.3, -0.25) is 9.59 Å². The highest BCUT2D eigenvalue weighted by Crippen LogP contribution is 2.36. The van der Waals surface area contributed by atoms with Crippen LogP contribution in [0.2, 0.25) is 0 Å². The van der Waals surface area contributed by atoms with E-state index in [0.29, 0.717) is 6.61 Å². The van der Waals surface area contributed by atoms with E-state index in [1.807, 2.05) is 0 Å². The normalized spacial score (nSPS) is 19.6. The van der Waals surface area contributed by atoms with E-state index in [1.54, 1.807) is 30.4 Å². The molecule has 0 aromatic rings. The van der Waals surface area contributed by atoms with Gasteiger partial charge in [-0.1, -0.05) is 0 Å². The lowest BCUT2D eigenvalue weighted by molar-refractivity contribution is -0.150. The number of ether oxygens (including phenoxy) is 1. The van der Waals surface area contributed by atoms with Gasteiger partial charge in [0.25, 0.3) is 0 Å². The zero-order valence-corrected chi connectivity index (χ0v) is 10.7. The molecular formula is C10H16O3S2. The first-order valence-electron chi connectivity index (χ1n) is 5.07. The van der Waals surface area contributed by atoms with Crippen molar-refractivity contribution in [3.8, 4) is 0 Å². The molecule has 0 radical (unpaired) electrons. The molecule has 0 aliphatic carbocycles. The van der Waals surface area contributed by atoms with Gasteiger partial charge in [0.1, 0.15) is 11.7 Å². The molecule has 0 N–H and O–H groups in total. The summed E-state index contributed by atoms with van der Waals surface area (Å²) in [5, 5.41) is 0. The van der Waals surface area contributed by atoms with Gasteiger partial charge in [0.05, 0.1) is 11.2 Å². The van der Waals surface area contributed by atoms with Gasteiger partial charge in [-0.05, 0) is 31.8 Å². The summed E-state index contributed by atoms with van der Waals surface area (Å²) in [6.45, 7) is 3.57. The minimum atomic E-state index is -0.583. The second-order valence-corrected chi connectivity index (χ2v) is 6.10. The molecular weight excluding hydrogens is 232 g/mol. The van der Waals surface area contributed by atoms with E-state index in [4.69, 9.17) is 4.74 Å². The maximum atomic E-state index is 11.6. The van der Waals surface area contributed by atoms with Gasteiger partial charge in [-0.15, -0.1) is 23.5 Å². The third-order valence-corrected chi connectivity index (χ3v) is 5.17. The Balaban J connectivity index is 2.63. The SMILES string of the molecule is CCOC(=O)[C@H](C(C)=O)C1SCCCS1. The fourth-order valence-corrected chi connectivity index (χ4v) is 4.62. The molecule has 86 valence electrons. The van der Waals surface area contributed by atoms with Gasteiger partial charge < -0.3 is 4.74 Å². The van der Waals surface area contributed by atoms with E-state index in [0.717, 1.165) is 17.9 Å². The highest BCUT2D eigenvalue weighted by Gasteiger charge is 2.35. The Bertz CT molecular complexity index is 237. The van der Waals surface area contributed by atoms with Crippen molar-refractivity contribution in [3.63, 3.8) is 0 Å². The Morgan fingerprint density at radius 1 is 1.40 bits per heavy atom. The van der Waals surface area contributed by atoms with Gasteiger partial charge in [-0.2, -0.15) is 0 Å². The van der Waals surface area contributed by atoms with Crippen LogP contribution in [0.5, 0.6) is 0 Å². The Morgan fingerprint density at radius 3 is 2.47 bits per heavy atom. The molecule has 0 amide bonds. The second-order valence-electron chi connectivity index (χ2n) is 3.30. The van der Waals surface area contributed by atoms with E-state index in [-0.39, 0.29) is 16.3 Å². The molecule has 0 aromatic carbocycles. The molecule has 0 unspecified atom stereocenters. The third kappa shape index (κ3) is 3.72. The quantitative estimate of drug-likeness (QED) is 0.562. The molecule has 0 saturated carbocycles. The molecule has 1 saturated heterocycles. The largest absolute Gasteiger partial charge is 0.465 e. The van der Waals surface area contributed by atoms with E-state index in [9.17, 15) is 9.59 Å². The lowest BCUT2D eigenvalue weighted by Gasteiger charge is -2.26. The molecule has 5 heteroatoms. The Kier molecular flexibility index (Phi) is 5.53. The van der Waals surface area contributed by atoms with Crippen LogP contribution in [-0.2, 0) is 14.3 Å². The van der Waals surface area contributed by atoms with Crippen LogP contribution < -0.4 is 0 Å². The number of hydrogen-bond acceptors (Lipinski definition) is 5. The number of Topliss-reactive ketones (excluding diaryl/α,β-unsaturated/α-hetero) is 1. The van der Waals surface area contributed by atoms with Crippen LogP contribution in [0.25, 0.3) is 0 Å². The number of carbonyl (C=O) groups excluding carboxylic acids is 2. The predicted molar refractivity (Wildman–Crippen MR) is 64.1 cm³/mol. The zero-order valence-electron chi connectivity index (χ0n) is 9.02. The lowest BCUT2D eigenvalue weighted by Crippen LogP contribution is -2.33. The molecule has 0 bridgehead atoms. The summed E-state index contributed by atoms with van der Waals surface area (Å²) >= 11 is 3.39. The molecule has 0 spiro atoms. The maximum absolute atomic E-state index is 11.6. The highest BCUT2D eigenvalue weighted by atomic mass is 32.2. The van der Waals surface area contributed by atoms with Crippen molar-refractivity contribution in [2.24, 2.45) is 5.92 Å². The van der Waals surface area contributed by atoms with Crippen LogP contribution in [0.15, 0.2) is 0 Å². The van der Waals surface area contributed by atoms with E-state index < -0.39 is 5.92 Å². The number of ketones is 1. The molecule has 0 aromatic heterocycles. The Hall–Kier alpha value is -0.160. The van der Waals surface area contributed by atoms with Crippen LogP contribution in [0, 0.1) is 5.92 Å². The van der Waals surface area contributed by atoms with Crippen LogP contribution in [0.4, 0.5) is 0 Å². The van der Waals surface area contributed by atoms with E-state index in [2.05, 4.69) is 0 Å². The van der Waals surface area contributed by atoms with Gasteiger partial charge in [0, 0.05) is 0 Å². The number of carbonyl (C=O) groups is 2. The maximum Gasteiger partial charge on any atom is 0.318 e. The molecule has 1 fully saturated rings. The van der Waals surface area contributed by atoms with Crippen LogP contribution >= 0.6 is 23.5 Å². The summed E-state index contributed by atoms with van der Waals surface area (Å²) < 4.78 is 4.98. The Morgan fingerprint density at radius 2 is 2.00 bits per heavy atom. The van der Waals surface area contributed by atoms with Crippen molar-refractivity contribution in [3.05, 3.63) is 0 Å². The smallest absolute Gasteiger partial charge is 0.318 e. The number of thioether (sulfide) groups is 2. The fraction of sp³-hybridized carbons (Fsp3) is 0.800. The first-order chi connectivity index (χ1) is 7.16. The number of esters is 1. The molecule has 1 heterocycles. The Labute approximate surface area is 98.7 Å². The van der Waals surface area contributed by atoms with Crippen LogP contribution in [0.1, 0.15) is 20.3 Å². The molecule has 15 heavy (non-hydrogen) atoms. The monoisotopic (exact) mass is 248 g/mol. The van der Waals surface area contributed by atoms with E-state index in [1.165, 1.54) is 6.92 Å². The van der Waals surface area contributed by atoms with Crippen LogP contribution in [-0.4, -0.2) is 34.4 Å². The summed E-state index contributed by atoms with van der Waals surface area (Å²) in [5.41, 5.74) is 0. The summed E-state index contributed by atoms with van der Waals surface area (Å²) in [7, 11) is 0. The fourth-order valence-electron chi connectivity index (χ4n) is 1.40.